The second-order valence-corrected chi connectivity index (χ2v) is 7.24. The molecule has 0 aromatic heterocycles. The van der Waals surface area contributed by atoms with Crippen molar-refractivity contribution in [1.29, 1.82) is 0 Å². The van der Waals surface area contributed by atoms with Crippen molar-refractivity contribution in [3.63, 3.8) is 0 Å². The Morgan fingerprint density at radius 1 is 1.26 bits per heavy atom. The highest BCUT2D eigenvalue weighted by atomic mass is 16.1. The lowest BCUT2D eigenvalue weighted by Crippen LogP contribution is -2.33. The van der Waals surface area contributed by atoms with Gasteiger partial charge in [-0.15, -0.1) is 0 Å². The van der Waals surface area contributed by atoms with Crippen LogP contribution >= 0.6 is 0 Å². The van der Waals surface area contributed by atoms with Crippen molar-refractivity contribution >= 4 is 5.91 Å². The van der Waals surface area contributed by atoms with E-state index in [0.29, 0.717) is 23.8 Å². The summed E-state index contributed by atoms with van der Waals surface area (Å²) >= 11 is 0. The molecule has 2 N–H and O–H groups in total. The summed E-state index contributed by atoms with van der Waals surface area (Å²) in [5.74, 6) is 0.958. The minimum atomic E-state index is 0.249. The SMILES string of the molecule is CC1(C)CCC(CNC(=O)CCC2CCCN2)CC1. The maximum absolute atomic E-state index is 11.8. The number of rotatable bonds is 5. The molecule has 3 heteroatoms. The fourth-order valence-electron chi connectivity index (χ4n) is 3.32. The van der Waals surface area contributed by atoms with Crippen molar-refractivity contribution in [2.24, 2.45) is 11.3 Å². The molecular weight excluding hydrogens is 236 g/mol. The first-order valence-electron chi connectivity index (χ1n) is 8.05. The third-order valence-corrected chi connectivity index (χ3v) is 4.93. The fraction of sp³-hybridized carbons (Fsp3) is 0.938. The zero-order valence-electron chi connectivity index (χ0n) is 12.6. The Kier molecular flexibility index (Phi) is 5.26. The first-order valence-corrected chi connectivity index (χ1v) is 8.05. The Morgan fingerprint density at radius 3 is 2.63 bits per heavy atom. The number of hydrogen-bond donors (Lipinski definition) is 2. The Labute approximate surface area is 117 Å². The van der Waals surface area contributed by atoms with E-state index in [1.807, 2.05) is 0 Å². The van der Waals surface area contributed by atoms with Gasteiger partial charge in [-0.25, -0.2) is 0 Å². The average molecular weight is 266 g/mol. The average Bonchev–Trinajstić information content (AvgIpc) is 2.88. The van der Waals surface area contributed by atoms with Gasteiger partial charge in [0.25, 0.3) is 0 Å². The molecule has 0 spiro atoms. The highest BCUT2D eigenvalue weighted by Gasteiger charge is 2.26. The normalized spacial score (nSPS) is 27.4. The topological polar surface area (TPSA) is 41.1 Å². The summed E-state index contributed by atoms with van der Waals surface area (Å²) < 4.78 is 0. The number of hydrogen-bond acceptors (Lipinski definition) is 2. The standard InChI is InChI=1S/C16H30N2O/c1-16(2)9-7-13(8-10-16)12-18-15(19)6-5-14-4-3-11-17-14/h13-14,17H,3-12H2,1-2H3,(H,18,19). The van der Waals surface area contributed by atoms with E-state index in [9.17, 15) is 4.79 Å². The molecule has 2 fully saturated rings. The van der Waals surface area contributed by atoms with Crippen LogP contribution in [-0.2, 0) is 4.79 Å². The quantitative estimate of drug-likeness (QED) is 0.803. The second kappa shape index (κ2) is 6.74. The van der Waals surface area contributed by atoms with Crippen LogP contribution in [0.2, 0.25) is 0 Å². The smallest absolute Gasteiger partial charge is 0.220 e. The van der Waals surface area contributed by atoms with Crippen molar-refractivity contribution in [2.45, 2.75) is 71.3 Å². The molecule has 0 aromatic rings. The van der Waals surface area contributed by atoms with Crippen molar-refractivity contribution < 1.29 is 4.79 Å². The molecule has 1 atom stereocenters. The van der Waals surface area contributed by atoms with Gasteiger partial charge in [-0.2, -0.15) is 0 Å². The molecule has 2 aliphatic rings. The molecular formula is C16H30N2O. The Morgan fingerprint density at radius 2 is 2.00 bits per heavy atom. The van der Waals surface area contributed by atoms with E-state index in [0.717, 1.165) is 19.5 Å². The predicted molar refractivity (Wildman–Crippen MR) is 79.0 cm³/mol. The second-order valence-electron chi connectivity index (χ2n) is 7.24. The number of carbonyl (C=O) groups is 1. The summed E-state index contributed by atoms with van der Waals surface area (Å²) in [6.45, 7) is 6.74. The minimum Gasteiger partial charge on any atom is -0.356 e. The van der Waals surface area contributed by atoms with Gasteiger partial charge in [0.15, 0.2) is 0 Å². The van der Waals surface area contributed by atoms with Gasteiger partial charge >= 0.3 is 0 Å². The molecule has 1 aliphatic carbocycles. The molecule has 3 nitrogen and oxygen atoms in total. The molecule has 0 bridgehead atoms. The van der Waals surface area contributed by atoms with E-state index < -0.39 is 0 Å². The zero-order valence-corrected chi connectivity index (χ0v) is 12.6. The Hall–Kier alpha value is -0.570. The maximum Gasteiger partial charge on any atom is 0.220 e. The Balaban J connectivity index is 1.56. The van der Waals surface area contributed by atoms with Crippen LogP contribution in [0.15, 0.2) is 0 Å². The van der Waals surface area contributed by atoms with E-state index >= 15 is 0 Å². The summed E-state index contributed by atoms with van der Waals surface area (Å²) in [4.78, 5) is 11.8. The summed E-state index contributed by atoms with van der Waals surface area (Å²) in [5.41, 5.74) is 0.522. The first kappa shape index (κ1) is 14.8. The minimum absolute atomic E-state index is 0.249. The van der Waals surface area contributed by atoms with Crippen LogP contribution in [0, 0.1) is 11.3 Å². The zero-order chi connectivity index (χ0) is 13.7. The van der Waals surface area contributed by atoms with Crippen molar-refractivity contribution in [2.75, 3.05) is 13.1 Å². The third kappa shape index (κ3) is 5.13. The van der Waals surface area contributed by atoms with E-state index in [1.165, 1.54) is 38.5 Å². The summed E-state index contributed by atoms with van der Waals surface area (Å²) in [6, 6.07) is 0.584. The van der Waals surface area contributed by atoms with E-state index in [2.05, 4.69) is 24.5 Å². The van der Waals surface area contributed by atoms with E-state index in [4.69, 9.17) is 0 Å². The number of carbonyl (C=O) groups excluding carboxylic acids is 1. The van der Waals surface area contributed by atoms with Crippen LogP contribution in [0.25, 0.3) is 0 Å². The first-order chi connectivity index (χ1) is 9.05. The van der Waals surface area contributed by atoms with Gasteiger partial charge in [-0.05, 0) is 62.8 Å². The van der Waals surface area contributed by atoms with E-state index in [-0.39, 0.29) is 5.91 Å². The van der Waals surface area contributed by atoms with Gasteiger partial charge < -0.3 is 10.6 Å². The van der Waals surface area contributed by atoms with Crippen molar-refractivity contribution in [3.05, 3.63) is 0 Å². The molecule has 0 radical (unpaired) electrons. The van der Waals surface area contributed by atoms with Crippen LogP contribution < -0.4 is 10.6 Å². The van der Waals surface area contributed by atoms with Crippen LogP contribution in [-0.4, -0.2) is 25.0 Å². The van der Waals surface area contributed by atoms with Gasteiger partial charge in [0.2, 0.25) is 5.91 Å². The largest absolute Gasteiger partial charge is 0.356 e. The molecule has 0 aromatic carbocycles. The lowest BCUT2D eigenvalue weighted by molar-refractivity contribution is -0.121. The van der Waals surface area contributed by atoms with E-state index in [1.54, 1.807) is 0 Å². The van der Waals surface area contributed by atoms with Gasteiger partial charge in [0.05, 0.1) is 0 Å². The van der Waals surface area contributed by atoms with Gasteiger partial charge in [-0.3, -0.25) is 4.79 Å². The van der Waals surface area contributed by atoms with Gasteiger partial charge in [0.1, 0.15) is 0 Å². The summed E-state index contributed by atoms with van der Waals surface area (Å²) in [7, 11) is 0. The Bertz CT molecular complexity index is 285. The molecule has 2 rings (SSSR count). The molecule has 1 amide bonds. The van der Waals surface area contributed by atoms with Crippen LogP contribution in [0.4, 0.5) is 0 Å². The number of nitrogens with one attached hydrogen (secondary N) is 2. The highest BCUT2D eigenvalue weighted by molar-refractivity contribution is 5.75. The van der Waals surface area contributed by atoms with Crippen molar-refractivity contribution in [3.8, 4) is 0 Å². The molecule has 1 saturated carbocycles. The molecule has 19 heavy (non-hydrogen) atoms. The van der Waals surface area contributed by atoms with Crippen LogP contribution in [0.1, 0.15) is 65.2 Å². The monoisotopic (exact) mass is 266 g/mol. The van der Waals surface area contributed by atoms with Crippen LogP contribution in [0.5, 0.6) is 0 Å². The number of amides is 1. The summed E-state index contributed by atoms with van der Waals surface area (Å²) in [6.07, 6.45) is 9.36. The molecule has 1 saturated heterocycles. The van der Waals surface area contributed by atoms with Crippen LogP contribution in [0.3, 0.4) is 0 Å². The third-order valence-electron chi connectivity index (χ3n) is 4.93. The van der Waals surface area contributed by atoms with Crippen molar-refractivity contribution in [1.82, 2.24) is 10.6 Å². The molecule has 110 valence electrons. The van der Waals surface area contributed by atoms with Gasteiger partial charge in [0, 0.05) is 19.0 Å². The molecule has 1 aliphatic heterocycles. The fourth-order valence-corrected chi connectivity index (χ4v) is 3.32. The summed E-state index contributed by atoms with van der Waals surface area (Å²) in [5, 5.41) is 6.58. The van der Waals surface area contributed by atoms with Gasteiger partial charge in [-0.1, -0.05) is 13.8 Å². The lowest BCUT2D eigenvalue weighted by Gasteiger charge is -2.34. The predicted octanol–water partition coefficient (Wildman–Crippen LogP) is 2.85. The highest BCUT2D eigenvalue weighted by Crippen LogP contribution is 2.37. The molecule has 1 heterocycles. The lowest BCUT2D eigenvalue weighted by atomic mass is 9.73. The molecule has 1 unspecified atom stereocenters. The maximum atomic E-state index is 11.8.